The predicted octanol–water partition coefficient (Wildman–Crippen LogP) is 2.74. The van der Waals surface area contributed by atoms with Gasteiger partial charge in [0.1, 0.15) is 5.78 Å². The highest BCUT2D eigenvalue weighted by molar-refractivity contribution is 5.78. The number of ketones is 1. The maximum absolute atomic E-state index is 10.5. The number of hydrogen-bond donors (Lipinski definition) is 0. The van der Waals surface area contributed by atoms with Crippen molar-refractivity contribution in [3.05, 3.63) is 0 Å². The van der Waals surface area contributed by atoms with Crippen molar-refractivity contribution in [2.75, 3.05) is 6.61 Å². The molecule has 0 aromatic heterocycles. The first-order chi connectivity index (χ1) is 5.81. The van der Waals surface area contributed by atoms with E-state index in [-0.39, 0.29) is 6.61 Å². The molecule has 2 heteroatoms. The molecule has 0 aliphatic heterocycles. The Hall–Kier alpha value is -0.370. The summed E-state index contributed by atoms with van der Waals surface area (Å²) in [5.41, 5.74) is 0. The van der Waals surface area contributed by atoms with Crippen LogP contribution in [0, 0.1) is 0 Å². The summed E-state index contributed by atoms with van der Waals surface area (Å²) in [6, 6.07) is 0. The third-order valence-corrected chi connectivity index (χ3v) is 1.91. The van der Waals surface area contributed by atoms with Gasteiger partial charge in [-0.25, -0.2) is 5.11 Å². The Morgan fingerprint density at radius 3 is 1.92 bits per heavy atom. The molecule has 1 rings (SSSR count). The Morgan fingerprint density at radius 2 is 1.75 bits per heavy atom. The molecule has 0 aromatic rings. The molecule has 1 saturated carbocycles. The second-order valence-electron chi connectivity index (χ2n) is 3.16. The minimum Gasteiger partial charge on any atom is -0.300 e. The fourth-order valence-corrected chi connectivity index (χ4v) is 1.09. The lowest BCUT2D eigenvalue weighted by molar-refractivity contribution is -0.120. The SMILES string of the molecule is CCCC[O].O=C1CCCCC1. The van der Waals surface area contributed by atoms with Crippen LogP contribution in [-0.2, 0) is 9.90 Å². The summed E-state index contributed by atoms with van der Waals surface area (Å²) in [6.45, 7) is 2.11. The van der Waals surface area contributed by atoms with Crippen LogP contribution in [0.2, 0.25) is 0 Å². The van der Waals surface area contributed by atoms with Crippen LogP contribution in [0.4, 0.5) is 0 Å². The molecule has 0 atom stereocenters. The zero-order valence-electron chi connectivity index (χ0n) is 7.97. The molecule has 1 radical (unpaired) electrons. The monoisotopic (exact) mass is 171 g/mol. The second kappa shape index (κ2) is 8.72. The van der Waals surface area contributed by atoms with E-state index in [0.717, 1.165) is 38.5 Å². The van der Waals surface area contributed by atoms with Crippen molar-refractivity contribution >= 4 is 5.78 Å². The number of unbranched alkanes of at least 4 members (excludes halogenated alkanes) is 1. The van der Waals surface area contributed by atoms with Crippen molar-refractivity contribution in [3.8, 4) is 0 Å². The van der Waals surface area contributed by atoms with Gasteiger partial charge in [-0.15, -0.1) is 0 Å². The maximum Gasteiger partial charge on any atom is 0.132 e. The van der Waals surface area contributed by atoms with Crippen LogP contribution in [0.1, 0.15) is 51.9 Å². The molecule has 0 spiro atoms. The Labute approximate surface area is 75.0 Å². The van der Waals surface area contributed by atoms with Gasteiger partial charge in [-0.2, -0.15) is 0 Å². The third-order valence-electron chi connectivity index (χ3n) is 1.91. The molecule has 12 heavy (non-hydrogen) atoms. The first-order valence-electron chi connectivity index (χ1n) is 4.91. The van der Waals surface area contributed by atoms with Gasteiger partial charge in [0.25, 0.3) is 0 Å². The lowest BCUT2D eigenvalue weighted by Gasteiger charge is -2.05. The van der Waals surface area contributed by atoms with Crippen LogP contribution in [0.5, 0.6) is 0 Å². The summed E-state index contributed by atoms with van der Waals surface area (Å²) in [5, 5.41) is 9.53. The molecule has 0 N–H and O–H groups in total. The Balaban J connectivity index is 0.000000217. The van der Waals surface area contributed by atoms with Gasteiger partial charge in [0.05, 0.1) is 6.61 Å². The van der Waals surface area contributed by atoms with E-state index in [9.17, 15) is 9.90 Å². The van der Waals surface area contributed by atoms with Crippen LogP contribution in [0.25, 0.3) is 0 Å². The molecule has 1 aliphatic rings. The number of Topliss-reactive ketones (excluding diaryl/α,β-unsaturated/α-hetero) is 1. The first-order valence-corrected chi connectivity index (χ1v) is 4.91. The number of carbonyl (C=O) groups is 1. The summed E-state index contributed by atoms with van der Waals surface area (Å²) in [4.78, 5) is 10.5. The molecule has 0 unspecified atom stereocenters. The Kier molecular flexibility index (Phi) is 8.46. The zero-order valence-corrected chi connectivity index (χ0v) is 7.97. The van der Waals surface area contributed by atoms with Crippen molar-refractivity contribution in [1.82, 2.24) is 0 Å². The average Bonchev–Trinajstić information content (AvgIpc) is 2.08. The smallest absolute Gasteiger partial charge is 0.132 e. The molecule has 0 amide bonds. The highest BCUT2D eigenvalue weighted by Crippen LogP contribution is 2.12. The van der Waals surface area contributed by atoms with E-state index < -0.39 is 0 Å². The second-order valence-corrected chi connectivity index (χ2v) is 3.16. The van der Waals surface area contributed by atoms with Crippen molar-refractivity contribution in [1.29, 1.82) is 0 Å². The molecule has 0 saturated heterocycles. The van der Waals surface area contributed by atoms with Crippen LogP contribution in [0.15, 0.2) is 0 Å². The molecule has 2 nitrogen and oxygen atoms in total. The topological polar surface area (TPSA) is 37.0 Å². The molecular formula is C10H19O2. The van der Waals surface area contributed by atoms with Gasteiger partial charge >= 0.3 is 0 Å². The average molecular weight is 171 g/mol. The van der Waals surface area contributed by atoms with Crippen LogP contribution < -0.4 is 0 Å². The fraction of sp³-hybridized carbons (Fsp3) is 0.900. The van der Waals surface area contributed by atoms with Gasteiger partial charge in [0.2, 0.25) is 0 Å². The molecular weight excluding hydrogens is 152 g/mol. The van der Waals surface area contributed by atoms with Crippen molar-refractivity contribution in [3.63, 3.8) is 0 Å². The summed E-state index contributed by atoms with van der Waals surface area (Å²) >= 11 is 0. The summed E-state index contributed by atoms with van der Waals surface area (Å²) in [6.07, 6.45) is 7.10. The van der Waals surface area contributed by atoms with Crippen LogP contribution >= 0.6 is 0 Å². The van der Waals surface area contributed by atoms with E-state index in [0.29, 0.717) is 5.78 Å². The van der Waals surface area contributed by atoms with Crippen LogP contribution in [0.3, 0.4) is 0 Å². The predicted molar refractivity (Wildman–Crippen MR) is 48.6 cm³/mol. The lowest BCUT2D eigenvalue weighted by atomic mass is 10.00. The highest BCUT2D eigenvalue weighted by Gasteiger charge is 2.05. The Morgan fingerprint density at radius 1 is 1.17 bits per heavy atom. The minimum atomic E-state index is 0.0938. The number of carbonyl (C=O) groups excluding carboxylic acids is 1. The molecule has 0 heterocycles. The van der Waals surface area contributed by atoms with E-state index in [1.807, 2.05) is 6.92 Å². The van der Waals surface area contributed by atoms with Gasteiger partial charge in [-0.3, -0.25) is 4.79 Å². The van der Waals surface area contributed by atoms with Gasteiger partial charge in [0.15, 0.2) is 0 Å². The van der Waals surface area contributed by atoms with Gasteiger partial charge in [-0.05, 0) is 19.3 Å². The highest BCUT2D eigenvalue weighted by atomic mass is 16.2. The molecule has 1 fully saturated rings. The third kappa shape index (κ3) is 7.73. The van der Waals surface area contributed by atoms with Gasteiger partial charge in [0, 0.05) is 12.8 Å². The summed E-state index contributed by atoms with van der Waals surface area (Å²) in [7, 11) is 0. The van der Waals surface area contributed by atoms with Gasteiger partial charge < -0.3 is 0 Å². The largest absolute Gasteiger partial charge is 0.300 e. The molecule has 1 aliphatic carbocycles. The minimum absolute atomic E-state index is 0.0938. The summed E-state index contributed by atoms with van der Waals surface area (Å²) in [5.74, 6) is 0.464. The van der Waals surface area contributed by atoms with E-state index in [2.05, 4.69) is 0 Å². The lowest BCUT2D eigenvalue weighted by Crippen LogP contribution is -2.02. The number of hydrogen-bond acceptors (Lipinski definition) is 1. The molecule has 71 valence electrons. The van der Waals surface area contributed by atoms with Crippen molar-refractivity contribution in [2.45, 2.75) is 51.9 Å². The zero-order chi connectivity index (χ0) is 9.23. The van der Waals surface area contributed by atoms with E-state index in [1.54, 1.807) is 0 Å². The Bertz CT molecular complexity index is 100. The van der Waals surface area contributed by atoms with E-state index in [4.69, 9.17) is 0 Å². The maximum atomic E-state index is 10.5. The molecule has 0 bridgehead atoms. The molecule has 0 aromatic carbocycles. The summed E-state index contributed by atoms with van der Waals surface area (Å²) < 4.78 is 0. The van der Waals surface area contributed by atoms with Crippen molar-refractivity contribution < 1.29 is 9.90 Å². The first kappa shape index (κ1) is 11.6. The fourth-order valence-electron chi connectivity index (χ4n) is 1.09. The normalized spacial score (nSPS) is 16.7. The standard InChI is InChI=1S/C6H10O.C4H9O/c7-6-4-2-1-3-5-6;1-2-3-4-5/h1-5H2;2-4H2,1H3. The van der Waals surface area contributed by atoms with Crippen LogP contribution in [-0.4, -0.2) is 12.4 Å². The van der Waals surface area contributed by atoms with Gasteiger partial charge in [-0.1, -0.05) is 19.8 Å². The van der Waals surface area contributed by atoms with E-state index in [1.165, 1.54) is 6.42 Å². The number of rotatable bonds is 2. The van der Waals surface area contributed by atoms with E-state index >= 15 is 0 Å². The van der Waals surface area contributed by atoms with Crippen molar-refractivity contribution in [2.24, 2.45) is 0 Å². The quantitative estimate of drug-likeness (QED) is 0.629.